The molecule has 0 aromatic carbocycles. The van der Waals surface area contributed by atoms with Gasteiger partial charge in [-0.2, -0.15) is 5.21 Å². The lowest BCUT2D eigenvalue weighted by Crippen LogP contribution is -2.20. The Bertz CT molecular complexity index is 460. The van der Waals surface area contributed by atoms with Gasteiger partial charge >= 0.3 is 0 Å². The topological polar surface area (TPSA) is 92.3 Å². The zero-order valence-corrected chi connectivity index (χ0v) is 10.8. The van der Waals surface area contributed by atoms with Gasteiger partial charge in [0.15, 0.2) is 5.82 Å². The maximum atomic E-state index is 4.15. The van der Waals surface area contributed by atoms with Crippen LogP contribution in [-0.2, 0) is 0 Å². The third-order valence-electron chi connectivity index (χ3n) is 2.36. The third-order valence-corrected chi connectivity index (χ3v) is 2.36. The molecule has 1 unspecified atom stereocenters. The summed E-state index contributed by atoms with van der Waals surface area (Å²) in [5.74, 6) is 1.19. The van der Waals surface area contributed by atoms with Gasteiger partial charge < -0.3 is 5.32 Å². The molecule has 0 aliphatic rings. The van der Waals surface area contributed by atoms with Gasteiger partial charge in [0.25, 0.3) is 0 Å². The summed E-state index contributed by atoms with van der Waals surface area (Å²) in [5.41, 5.74) is 0.132. The molecule has 2 aromatic rings. The van der Waals surface area contributed by atoms with Crippen LogP contribution < -0.4 is 5.32 Å². The van der Waals surface area contributed by atoms with E-state index in [0.29, 0.717) is 11.8 Å². The van der Waals surface area contributed by atoms with Crippen LogP contribution in [0.25, 0.3) is 0 Å². The Morgan fingerprint density at radius 3 is 2.56 bits per heavy atom. The summed E-state index contributed by atoms with van der Waals surface area (Å²) < 4.78 is 0. The zero-order valence-electron chi connectivity index (χ0n) is 10.8. The maximum absolute atomic E-state index is 4.15. The number of anilines is 1. The van der Waals surface area contributed by atoms with Gasteiger partial charge in [0.2, 0.25) is 5.95 Å². The second-order valence-electron chi connectivity index (χ2n) is 5.30. The van der Waals surface area contributed by atoms with Crippen LogP contribution in [0.2, 0.25) is 0 Å². The first-order valence-electron chi connectivity index (χ1n) is 5.81. The Morgan fingerprint density at radius 2 is 2.00 bits per heavy atom. The van der Waals surface area contributed by atoms with E-state index >= 15 is 0 Å². The largest absolute Gasteiger partial charge is 0.344 e. The molecule has 0 spiro atoms. The highest BCUT2D eigenvalue weighted by Gasteiger charge is 2.24. The quantitative estimate of drug-likeness (QED) is 0.852. The van der Waals surface area contributed by atoms with Gasteiger partial charge in [-0.1, -0.05) is 26.0 Å². The number of aromatic nitrogens is 6. The number of hydrogen-bond acceptors (Lipinski definition) is 6. The molecule has 2 heterocycles. The number of hydrogen-bond donors (Lipinski definition) is 2. The van der Waals surface area contributed by atoms with Crippen molar-refractivity contribution >= 4 is 5.95 Å². The van der Waals surface area contributed by atoms with Crippen molar-refractivity contribution < 1.29 is 0 Å². The molecule has 18 heavy (non-hydrogen) atoms. The molecule has 0 saturated carbocycles. The number of tetrazole rings is 1. The molecule has 7 heteroatoms. The van der Waals surface area contributed by atoms with Gasteiger partial charge in [0.05, 0.1) is 6.04 Å². The number of H-pyrrole nitrogens is 1. The van der Waals surface area contributed by atoms with Crippen LogP contribution in [0.1, 0.15) is 39.1 Å². The van der Waals surface area contributed by atoms with Crippen molar-refractivity contribution in [2.45, 2.75) is 33.2 Å². The molecule has 0 amide bonds. The normalized spacial score (nSPS) is 13.3. The van der Waals surface area contributed by atoms with E-state index < -0.39 is 0 Å². The van der Waals surface area contributed by atoms with E-state index in [4.69, 9.17) is 0 Å². The van der Waals surface area contributed by atoms with Gasteiger partial charge in [-0.05, 0) is 17.9 Å². The van der Waals surface area contributed by atoms with E-state index in [-0.39, 0.29) is 11.5 Å². The molecular weight excluding hydrogens is 230 g/mol. The second kappa shape index (κ2) is 5.07. The highest BCUT2D eigenvalue weighted by Crippen LogP contribution is 2.29. The lowest BCUT2D eigenvalue weighted by atomic mass is 9.88. The number of nitrogens with zero attached hydrogens (tertiary/aromatic N) is 5. The monoisotopic (exact) mass is 247 g/mol. The molecule has 2 rings (SSSR count). The van der Waals surface area contributed by atoms with Gasteiger partial charge in [-0.15, -0.1) is 10.2 Å². The Morgan fingerprint density at radius 1 is 1.28 bits per heavy atom. The first kappa shape index (κ1) is 12.4. The van der Waals surface area contributed by atoms with Crippen molar-refractivity contribution in [3.05, 3.63) is 24.3 Å². The van der Waals surface area contributed by atoms with E-state index in [9.17, 15) is 0 Å². The van der Waals surface area contributed by atoms with Crippen molar-refractivity contribution in [3.63, 3.8) is 0 Å². The second-order valence-corrected chi connectivity index (χ2v) is 5.30. The van der Waals surface area contributed by atoms with Gasteiger partial charge in [0, 0.05) is 12.4 Å². The summed E-state index contributed by atoms with van der Waals surface area (Å²) in [5, 5.41) is 17.4. The smallest absolute Gasteiger partial charge is 0.223 e. The van der Waals surface area contributed by atoms with Crippen LogP contribution in [0, 0.1) is 5.41 Å². The summed E-state index contributed by atoms with van der Waals surface area (Å²) in [6, 6.07) is 1.71. The highest BCUT2D eigenvalue weighted by molar-refractivity contribution is 5.26. The Labute approximate surface area is 105 Å². The predicted octanol–water partition coefficient (Wildman–Crippen LogP) is 1.58. The van der Waals surface area contributed by atoms with Crippen molar-refractivity contribution in [1.29, 1.82) is 0 Å². The van der Waals surface area contributed by atoms with Crippen molar-refractivity contribution in [2.24, 2.45) is 5.41 Å². The SMILES string of the molecule is CC(C)(C)CC(Nc1ncccn1)c1nn[nH]n1. The molecule has 0 fully saturated rings. The van der Waals surface area contributed by atoms with Crippen LogP contribution in [-0.4, -0.2) is 30.6 Å². The third kappa shape index (κ3) is 3.47. The molecule has 0 aliphatic heterocycles. The fourth-order valence-electron chi connectivity index (χ4n) is 1.67. The Hall–Kier alpha value is -2.05. The first-order chi connectivity index (χ1) is 8.54. The summed E-state index contributed by atoms with van der Waals surface area (Å²) in [7, 11) is 0. The van der Waals surface area contributed by atoms with Gasteiger partial charge in [-0.3, -0.25) is 0 Å². The van der Waals surface area contributed by atoms with E-state index in [2.05, 4.69) is 56.7 Å². The molecule has 2 aromatic heterocycles. The minimum atomic E-state index is -0.0637. The molecule has 0 bridgehead atoms. The predicted molar refractivity (Wildman–Crippen MR) is 66.6 cm³/mol. The first-order valence-corrected chi connectivity index (χ1v) is 5.81. The molecule has 0 radical (unpaired) electrons. The van der Waals surface area contributed by atoms with Crippen LogP contribution >= 0.6 is 0 Å². The molecule has 0 saturated heterocycles. The lowest BCUT2D eigenvalue weighted by Gasteiger charge is -2.24. The molecule has 96 valence electrons. The Balaban J connectivity index is 2.15. The zero-order chi connectivity index (χ0) is 13.0. The van der Waals surface area contributed by atoms with Crippen LogP contribution in [0.5, 0.6) is 0 Å². The van der Waals surface area contributed by atoms with Crippen LogP contribution in [0.4, 0.5) is 5.95 Å². The summed E-state index contributed by atoms with van der Waals surface area (Å²) in [6.45, 7) is 6.48. The average Bonchev–Trinajstić information content (AvgIpc) is 2.81. The maximum Gasteiger partial charge on any atom is 0.223 e. The standard InChI is InChI=1S/C11H17N7/c1-11(2,3)7-8(9-15-17-18-16-9)14-10-12-5-4-6-13-10/h4-6,8H,7H2,1-3H3,(H,12,13,14)(H,15,16,17,18). The summed E-state index contributed by atoms with van der Waals surface area (Å²) >= 11 is 0. The molecule has 7 nitrogen and oxygen atoms in total. The molecule has 1 atom stereocenters. The fourth-order valence-corrected chi connectivity index (χ4v) is 1.67. The van der Waals surface area contributed by atoms with Crippen molar-refractivity contribution in [3.8, 4) is 0 Å². The summed E-state index contributed by atoms with van der Waals surface area (Å²) in [4.78, 5) is 8.30. The minimum Gasteiger partial charge on any atom is -0.344 e. The van der Waals surface area contributed by atoms with Crippen LogP contribution in [0.3, 0.4) is 0 Å². The lowest BCUT2D eigenvalue weighted by molar-refractivity contribution is 0.346. The summed E-state index contributed by atoms with van der Waals surface area (Å²) in [6.07, 6.45) is 4.24. The number of nitrogens with one attached hydrogen (secondary N) is 2. The van der Waals surface area contributed by atoms with E-state index in [1.54, 1.807) is 18.5 Å². The highest BCUT2D eigenvalue weighted by atomic mass is 15.5. The Kier molecular flexibility index (Phi) is 3.50. The number of rotatable bonds is 4. The molecular formula is C11H17N7. The van der Waals surface area contributed by atoms with Crippen LogP contribution in [0.15, 0.2) is 18.5 Å². The minimum absolute atomic E-state index is 0.0637. The van der Waals surface area contributed by atoms with Gasteiger partial charge in [-0.25, -0.2) is 9.97 Å². The number of aromatic amines is 1. The van der Waals surface area contributed by atoms with E-state index in [0.717, 1.165) is 6.42 Å². The fraction of sp³-hybridized carbons (Fsp3) is 0.545. The van der Waals surface area contributed by atoms with E-state index in [1.807, 2.05) is 0 Å². The molecule has 2 N–H and O–H groups in total. The molecule has 0 aliphatic carbocycles. The van der Waals surface area contributed by atoms with E-state index in [1.165, 1.54) is 0 Å². The van der Waals surface area contributed by atoms with Crippen molar-refractivity contribution in [2.75, 3.05) is 5.32 Å². The van der Waals surface area contributed by atoms with Gasteiger partial charge in [0.1, 0.15) is 0 Å². The average molecular weight is 247 g/mol. The van der Waals surface area contributed by atoms with Crippen molar-refractivity contribution in [1.82, 2.24) is 30.6 Å².